The number of carbonyl (C=O) groups is 1. The minimum Gasteiger partial charge on any atom is -0.454 e. The number of halogens is 1. The van der Waals surface area contributed by atoms with Crippen molar-refractivity contribution in [3.8, 4) is 0 Å². The van der Waals surface area contributed by atoms with Crippen LogP contribution in [0.3, 0.4) is 0 Å². The van der Waals surface area contributed by atoms with Gasteiger partial charge in [-0.05, 0) is 38.1 Å². The van der Waals surface area contributed by atoms with Crippen molar-refractivity contribution in [2.75, 3.05) is 18.0 Å². The molecular weight excluding hydrogens is 343 g/mol. The molecule has 3 aromatic rings. The van der Waals surface area contributed by atoms with Crippen molar-refractivity contribution in [3.63, 3.8) is 0 Å². The monoisotopic (exact) mass is 360 g/mol. The molecule has 1 aromatic carbocycles. The molecule has 3 heterocycles. The number of aryl methyl sites for hydroxylation is 2. The third-order valence-corrected chi connectivity index (χ3v) is 5.22. The first kappa shape index (κ1) is 16.0. The lowest BCUT2D eigenvalue weighted by atomic mass is 10.2. The van der Waals surface area contributed by atoms with E-state index in [0.717, 1.165) is 21.0 Å². The van der Waals surface area contributed by atoms with Crippen molar-refractivity contribution >= 4 is 32.7 Å². The van der Waals surface area contributed by atoms with Crippen molar-refractivity contribution in [1.82, 2.24) is 14.8 Å². The number of hydrogen-bond acceptors (Lipinski definition) is 6. The summed E-state index contributed by atoms with van der Waals surface area (Å²) in [6, 6.07) is 6.31. The number of aromatic nitrogens is 3. The highest BCUT2D eigenvalue weighted by molar-refractivity contribution is 7.22. The van der Waals surface area contributed by atoms with Crippen molar-refractivity contribution in [2.24, 2.45) is 0 Å². The molecule has 25 heavy (non-hydrogen) atoms. The molecule has 6 nitrogen and oxygen atoms in total. The van der Waals surface area contributed by atoms with Gasteiger partial charge in [-0.25, -0.2) is 14.2 Å². The summed E-state index contributed by atoms with van der Waals surface area (Å²) in [6.45, 7) is 5.59. The summed E-state index contributed by atoms with van der Waals surface area (Å²) in [5.74, 6) is -0.612. The first-order chi connectivity index (χ1) is 12.0. The molecule has 0 amide bonds. The van der Waals surface area contributed by atoms with E-state index in [0.29, 0.717) is 25.3 Å². The second kappa shape index (κ2) is 6.11. The van der Waals surface area contributed by atoms with Gasteiger partial charge < -0.3 is 9.64 Å². The molecule has 0 unspecified atom stereocenters. The van der Waals surface area contributed by atoms with Crippen molar-refractivity contribution in [2.45, 2.75) is 26.5 Å². The molecule has 1 fully saturated rings. The Balaban J connectivity index is 1.40. The zero-order valence-electron chi connectivity index (χ0n) is 13.9. The van der Waals surface area contributed by atoms with E-state index in [9.17, 15) is 9.18 Å². The molecule has 0 saturated carbocycles. The summed E-state index contributed by atoms with van der Waals surface area (Å²) in [6.07, 6.45) is -0.170. The van der Waals surface area contributed by atoms with E-state index >= 15 is 0 Å². The molecule has 130 valence electrons. The molecule has 0 aliphatic carbocycles. The number of rotatable bonds is 4. The van der Waals surface area contributed by atoms with E-state index < -0.39 is 0 Å². The van der Waals surface area contributed by atoms with Gasteiger partial charge in [0.15, 0.2) is 5.13 Å². The highest BCUT2D eigenvalue weighted by Gasteiger charge is 2.33. The average Bonchev–Trinajstić information content (AvgIpc) is 3.12. The third kappa shape index (κ3) is 2.97. The maximum Gasteiger partial charge on any atom is 0.357 e. The first-order valence-electron chi connectivity index (χ1n) is 8.10. The summed E-state index contributed by atoms with van der Waals surface area (Å²) in [5, 5.41) is 5.08. The van der Waals surface area contributed by atoms with Crippen LogP contribution in [0.5, 0.6) is 0 Å². The molecule has 0 radical (unpaired) electrons. The van der Waals surface area contributed by atoms with Gasteiger partial charge in [-0.2, -0.15) is 5.10 Å². The van der Waals surface area contributed by atoms with Crippen LogP contribution in [0.2, 0.25) is 0 Å². The van der Waals surface area contributed by atoms with Crippen LogP contribution < -0.4 is 4.90 Å². The fourth-order valence-electron chi connectivity index (χ4n) is 2.85. The Labute approximate surface area is 147 Å². The van der Waals surface area contributed by atoms with Crippen LogP contribution in [0.25, 0.3) is 10.2 Å². The minimum atomic E-state index is -0.349. The van der Waals surface area contributed by atoms with E-state index in [-0.39, 0.29) is 17.9 Å². The largest absolute Gasteiger partial charge is 0.454 e. The van der Waals surface area contributed by atoms with Crippen LogP contribution in [0.1, 0.15) is 23.1 Å². The van der Waals surface area contributed by atoms with Gasteiger partial charge in [0.25, 0.3) is 0 Å². The zero-order chi connectivity index (χ0) is 17.6. The molecule has 2 aromatic heterocycles. The number of esters is 1. The standard InChI is InChI=1S/C17H17FN4O2S/c1-3-22-14(6-10(2)20-22)16(23)24-12-8-21(9-12)17-19-13-5-4-11(18)7-15(13)25-17/h4-7,12H,3,8-9H2,1-2H3. The van der Waals surface area contributed by atoms with Gasteiger partial charge >= 0.3 is 5.97 Å². The minimum absolute atomic E-state index is 0.170. The highest BCUT2D eigenvalue weighted by atomic mass is 32.1. The summed E-state index contributed by atoms with van der Waals surface area (Å²) in [7, 11) is 0. The smallest absolute Gasteiger partial charge is 0.357 e. The Morgan fingerprint density at radius 3 is 2.96 bits per heavy atom. The van der Waals surface area contributed by atoms with E-state index in [1.807, 2.05) is 18.7 Å². The molecule has 8 heteroatoms. The highest BCUT2D eigenvalue weighted by Crippen LogP contribution is 2.32. The van der Waals surface area contributed by atoms with Gasteiger partial charge in [-0.15, -0.1) is 0 Å². The normalized spacial score (nSPS) is 14.8. The summed E-state index contributed by atoms with van der Waals surface area (Å²) >= 11 is 1.44. The zero-order valence-corrected chi connectivity index (χ0v) is 14.7. The van der Waals surface area contributed by atoms with Crippen molar-refractivity contribution < 1.29 is 13.9 Å². The number of anilines is 1. The Morgan fingerprint density at radius 1 is 1.40 bits per heavy atom. The number of nitrogens with zero attached hydrogens (tertiary/aromatic N) is 4. The van der Waals surface area contributed by atoms with Crippen LogP contribution in [-0.4, -0.2) is 39.9 Å². The first-order valence-corrected chi connectivity index (χ1v) is 8.91. The van der Waals surface area contributed by atoms with Gasteiger partial charge in [0.05, 0.1) is 29.0 Å². The predicted octanol–water partition coefficient (Wildman–Crippen LogP) is 3.01. The number of hydrogen-bond donors (Lipinski definition) is 0. The van der Waals surface area contributed by atoms with Gasteiger partial charge in [0, 0.05) is 6.54 Å². The lowest BCUT2D eigenvalue weighted by molar-refractivity contribution is 0.0220. The van der Waals surface area contributed by atoms with Crippen LogP contribution in [0.4, 0.5) is 9.52 Å². The molecule has 0 N–H and O–H groups in total. The summed E-state index contributed by atoms with van der Waals surface area (Å²) in [4.78, 5) is 18.8. The second-order valence-electron chi connectivity index (χ2n) is 6.03. The topological polar surface area (TPSA) is 60.3 Å². The average molecular weight is 360 g/mol. The molecule has 0 spiro atoms. The van der Waals surface area contributed by atoms with E-state index in [1.54, 1.807) is 16.8 Å². The van der Waals surface area contributed by atoms with E-state index in [1.165, 1.54) is 23.5 Å². The Bertz CT molecular complexity index is 945. The fraction of sp³-hybridized carbons (Fsp3) is 0.353. The Kier molecular flexibility index (Phi) is 3.91. The summed E-state index contributed by atoms with van der Waals surface area (Å²) in [5.41, 5.74) is 2.06. The number of thiazole rings is 1. The maximum atomic E-state index is 13.3. The van der Waals surface area contributed by atoms with Gasteiger partial charge in [0.1, 0.15) is 17.6 Å². The number of ether oxygens (including phenoxy) is 1. The van der Waals surface area contributed by atoms with E-state index in [2.05, 4.69) is 10.1 Å². The molecule has 1 aliphatic rings. The van der Waals surface area contributed by atoms with Crippen LogP contribution in [0, 0.1) is 12.7 Å². The van der Waals surface area contributed by atoms with E-state index in [4.69, 9.17) is 4.74 Å². The molecule has 0 bridgehead atoms. The lowest BCUT2D eigenvalue weighted by Crippen LogP contribution is -2.53. The Morgan fingerprint density at radius 2 is 2.20 bits per heavy atom. The van der Waals surface area contributed by atoms with Crippen LogP contribution in [-0.2, 0) is 11.3 Å². The molecule has 0 atom stereocenters. The molecule has 1 aliphatic heterocycles. The quantitative estimate of drug-likeness (QED) is 0.670. The molecular formula is C17H17FN4O2S. The predicted molar refractivity (Wildman–Crippen MR) is 93.6 cm³/mol. The molecule has 4 rings (SSSR count). The van der Waals surface area contributed by atoms with Gasteiger partial charge in [-0.3, -0.25) is 4.68 Å². The lowest BCUT2D eigenvalue weighted by Gasteiger charge is -2.38. The number of carbonyl (C=O) groups excluding carboxylic acids is 1. The van der Waals surface area contributed by atoms with Crippen LogP contribution in [0.15, 0.2) is 24.3 Å². The number of benzene rings is 1. The van der Waals surface area contributed by atoms with Crippen molar-refractivity contribution in [1.29, 1.82) is 0 Å². The maximum absolute atomic E-state index is 13.3. The SMILES string of the molecule is CCn1nc(C)cc1C(=O)OC1CN(c2nc3ccc(F)cc3s2)C1. The second-order valence-corrected chi connectivity index (χ2v) is 7.04. The molecule has 1 saturated heterocycles. The van der Waals surface area contributed by atoms with Gasteiger partial charge in [0.2, 0.25) is 0 Å². The third-order valence-electron chi connectivity index (χ3n) is 4.14. The van der Waals surface area contributed by atoms with Crippen molar-refractivity contribution in [3.05, 3.63) is 41.5 Å². The van der Waals surface area contributed by atoms with Crippen LogP contribution >= 0.6 is 11.3 Å². The van der Waals surface area contributed by atoms with Gasteiger partial charge in [-0.1, -0.05) is 11.3 Å². The number of fused-ring (bicyclic) bond motifs is 1. The Hall–Kier alpha value is -2.48. The summed E-state index contributed by atoms with van der Waals surface area (Å²) < 4.78 is 21.3. The fourth-order valence-corrected chi connectivity index (χ4v) is 3.86.